The van der Waals surface area contributed by atoms with E-state index in [2.05, 4.69) is 23.2 Å². The molecule has 0 bridgehead atoms. The first-order valence-corrected chi connectivity index (χ1v) is 10.3. The Labute approximate surface area is 191 Å². The van der Waals surface area contributed by atoms with E-state index < -0.39 is 23.3 Å². The molecule has 1 aliphatic heterocycles. The summed E-state index contributed by atoms with van der Waals surface area (Å²) < 4.78 is 5.48. The molecule has 0 fully saturated rings. The maximum absolute atomic E-state index is 12.8. The highest BCUT2D eigenvalue weighted by Crippen LogP contribution is 2.54. The summed E-state index contributed by atoms with van der Waals surface area (Å²) in [4.78, 5) is 18.4. The lowest BCUT2D eigenvalue weighted by Crippen LogP contribution is -2.49. The van der Waals surface area contributed by atoms with E-state index in [0.29, 0.717) is 11.1 Å². The van der Waals surface area contributed by atoms with E-state index in [1.165, 1.54) is 4.90 Å². The van der Waals surface area contributed by atoms with Crippen molar-refractivity contribution < 1.29 is 9.53 Å². The molecule has 2 aliphatic rings. The Morgan fingerprint density at radius 1 is 1.15 bits per heavy atom. The first-order valence-electron chi connectivity index (χ1n) is 10.3. The molecule has 8 nitrogen and oxygen atoms in total. The van der Waals surface area contributed by atoms with Crippen LogP contribution in [0, 0.1) is 45.3 Å². The minimum absolute atomic E-state index is 0.0561. The fourth-order valence-corrected chi connectivity index (χ4v) is 4.59. The number of nitriles is 3. The second-order valence-corrected chi connectivity index (χ2v) is 7.90. The van der Waals surface area contributed by atoms with Crippen LogP contribution in [0.25, 0.3) is 0 Å². The van der Waals surface area contributed by atoms with E-state index in [4.69, 9.17) is 10.5 Å². The van der Waals surface area contributed by atoms with E-state index in [1.54, 1.807) is 30.6 Å². The van der Waals surface area contributed by atoms with Crippen LogP contribution in [0.2, 0.25) is 0 Å². The van der Waals surface area contributed by atoms with Crippen molar-refractivity contribution in [1.29, 1.82) is 15.8 Å². The van der Waals surface area contributed by atoms with E-state index in [-0.39, 0.29) is 31.0 Å². The summed E-state index contributed by atoms with van der Waals surface area (Å²) in [5, 5.41) is 30.0. The standard InChI is InChI=1S/C25H20N6O2/c26-12-20-19-8-11-31(24(32)33-14-17-4-2-1-3-5-17)13-21(19)22(18-6-9-30-10-7-18)25(15-27,16-28)23(20)29/h1-10,21-22H,11,13-14,29H2/t21-,22+/m1/s1. The van der Waals surface area contributed by atoms with Crippen molar-refractivity contribution in [2.75, 3.05) is 13.1 Å². The second-order valence-electron chi connectivity index (χ2n) is 7.90. The Morgan fingerprint density at radius 3 is 2.48 bits per heavy atom. The summed E-state index contributed by atoms with van der Waals surface area (Å²) in [5.41, 5.74) is 6.79. The molecule has 1 aromatic heterocycles. The third kappa shape index (κ3) is 3.67. The molecule has 2 aromatic rings. The Balaban J connectivity index is 1.71. The van der Waals surface area contributed by atoms with Gasteiger partial charge in [0.15, 0.2) is 5.41 Å². The summed E-state index contributed by atoms with van der Waals surface area (Å²) in [7, 11) is 0. The highest BCUT2D eigenvalue weighted by atomic mass is 16.6. The van der Waals surface area contributed by atoms with Gasteiger partial charge in [0.25, 0.3) is 0 Å². The summed E-state index contributed by atoms with van der Waals surface area (Å²) in [5.74, 6) is -1.18. The van der Waals surface area contributed by atoms with Gasteiger partial charge in [-0.3, -0.25) is 4.98 Å². The molecule has 2 atom stereocenters. The van der Waals surface area contributed by atoms with Crippen LogP contribution in [0.1, 0.15) is 17.0 Å². The van der Waals surface area contributed by atoms with Crippen molar-refractivity contribution in [3.8, 4) is 18.2 Å². The van der Waals surface area contributed by atoms with Crippen molar-refractivity contribution in [2.45, 2.75) is 12.5 Å². The molecular formula is C25H20N6O2. The quantitative estimate of drug-likeness (QED) is 0.779. The highest BCUT2D eigenvalue weighted by molar-refractivity contribution is 5.69. The number of allylic oxidation sites excluding steroid dienone is 2. The molecule has 1 aromatic carbocycles. The lowest BCUT2D eigenvalue weighted by molar-refractivity contribution is 0.0898. The number of hydrogen-bond donors (Lipinski definition) is 1. The first-order chi connectivity index (χ1) is 16.1. The highest BCUT2D eigenvalue weighted by Gasteiger charge is 2.54. The Hall–Kier alpha value is -4.61. The third-order valence-electron chi connectivity index (χ3n) is 6.19. The van der Waals surface area contributed by atoms with Gasteiger partial charge in [-0.1, -0.05) is 36.4 Å². The molecule has 1 aliphatic carbocycles. The minimum atomic E-state index is -1.76. The van der Waals surface area contributed by atoms with Gasteiger partial charge in [-0.2, -0.15) is 15.8 Å². The normalized spacial score (nSPS) is 21.0. The zero-order chi connectivity index (χ0) is 23.4. The van der Waals surface area contributed by atoms with E-state index in [1.807, 2.05) is 30.3 Å². The number of nitrogens with zero attached hydrogens (tertiary/aromatic N) is 5. The van der Waals surface area contributed by atoms with Crippen LogP contribution in [0.4, 0.5) is 4.79 Å². The number of carbonyl (C=O) groups excluding carboxylic acids is 1. The summed E-state index contributed by atoms with van der Waals surface area (Å²) in [6.07, 6.45) is 4.40. The molecule has 8 heteroatoms. The van der Waals surface area contributed by atoms with Crippen molar-refractivity contribution in [3.05, 3.63) is 88.9 Å². The molecule has 0 unspecified atom stereocenters. The van der Waals surface area contributed by atoms with Crippen LogP contribution in [-0.2, 0) is 11.3 Å². The van der Waals surface area contributed by atoms with Gasteiger partial charge >= 0.3 is 6.09 Å². The third-order valence-corrected chi connectivity index (χ3v) is 6.19. The van der Waals surface area contributed by atoms with Crippen molar-refractivity contribution in [3.63, 3.8) is 0 Å². The molecule has 162 valence electrons. The lowest BCUT2D eigenvalue weighted by atomic mass is 9.58. The van der Waals surface area contributed by atoms with Gasteiger partial charge in [0, 0.05) is 37.3 Å². The van der Waals surface area contributed by atoms with Gasteiger partial charge in [0.1, 0.15) is 12.7 Å². The van der Waals surface area contributed by atoms with Crippen molar-refractivity contribution in [2.24, 2.45) is 17.1 Å². The minimum Gasteiger partial charge on any atom is -0.445 e. The number of nitrogens with two attached hydrogens (primary N) is 1. The molecule has 33 heavy (non-hydrogen) atoms. The average molecular weight is 436 g/mol. The Bertz CT molecular complexity index is 1230. The maximum atomic E-state index is 12.8. The van der Waals surface area contributed by atoms with Crippen molar-refractivity contribution >= 4 is 6.09 Å². The Morgan fingerprint density at radius 2 is 1.85 bits per heavy atom. The molecular weight excluding hydrogens is 416 g/mol. The molecule has 2 heterocycles. The van der Waals surface area contributed by atoms with Crippen LogP contribution in [0.5, 0.6) is 0 Å². The zero-order valence-corrected chi connectivity index (χ0v) is 17.7. The monoisotopic (exact) mass is 436 g/mol. The molecule has 0 radical (unpaired) electrons. The van der Waals surface area contributed by atoms with E-state index >= 15 is 0 Å². The molecule has 2 N–H and O–H groups in total. The average Bonchev–Trinajstić information content (AvgIpc) is 2.87. The van der Waals surface area contributed by atoms with Gasteiger partial charge in [0.05, 0.1) is 23.4 Å². The Kier molecular flexibility index (Phi) is 5.81. The smallest absolute Gasteiger partial charge is 0.410 e. The van der Waals surface area contributed by atoms with Gasteiger partial charge in [-0.25, -0.2) is 4.79 Å². The van der Waals surface area contributed by atoms with Gasteiger partial charge in [-0.15, -0.1) is 0 Å². The second kappa shape index (κ2) is 8.86. The SMILES string of the molecule is N#CC1=C(N)C(C#N)(C#N)[C@@H](c2ccncc2)[C@@H]2CN(C(=O)OCc3ccccc3)CC=C12. The molecule has 0 spiro atoms. The number of amides is 1. The molecule has 0 saturated heterocycles. The summed E-state index contributed by atoms with van der Waals surface area (Å²) >= 11 is 0. The largest absolute Gasteiger partial charge is 0.445 e. The van der Waals surface area contributed by atoms with Crippen LogP contribution < -0.4 is 5.73 Å². The maximum Gasteiger partial charge on any atom is 0.410 e. The fraction of sp³-hybridized carbons (Fsp3) is 0.240. The number of rotatable bonds is 3. The topological polar surface area (TPSA) is 140 Å². The van der Waals surface area contributed by atoms with E-state index in [9.17, 15) is 20.6 Å². The first kappa shape index (κ1) is 21.6. The number of pyridine rings is 1. The van der Waals surface area contributed by atoms with Crippen LogP contribution in [0.3, 0.4) is 0 Å². The van der Waals surface area contributed by atoms with E-state index in [0.717, 1.165) is 5.56 Å². The van der Waals surface area contributed by atoms with Gasteiger partial charge in [0.2, 0.25) is 0 Å². The summed E-state index contributed by atoms with van der Waals surface area (Å²) in [6.45, 7) is 0.533. The number of aromatic nitrogens is 1. The molecule has 4 rings (SSSR count). The number of fused-ring (bicyclic) bond motifs is 1. The molecule has 0 saturated carbocycles. The zero-order valence-electron chi connectivity index (χ0n) is 17.7. The van der Waals surface area contributed by atoms with Gasteiger partial charge in [-0.05, 0) is 28.8 Å². The number of benzene rings is 1. The number of carbonyl (C=O) groups is 1. The lowest BCUT2D eigenvalue weighted by Gasteiger charge is -2.45. The van der Waals surface area contributed by atoms with Crippen LogP contribution >= 0.6 is 0 Å². The number of ether oxygens (including phenoxy) is 1. The van der Waals surface area contributed by atoms with Crippen molar-refractivity contribution in [1.82, 2.24) is 9.88 Å². The molecule has 1 amide bonds. The van der Waals surface area contributed by atoms with Crippen LogP contribution in [-0.4, -0.2) is 29.1 Å². The summed E-state index contributed by atoms with van der Waals surface area (Å²) in [6, 6.07) is 19.0. The predicted octanol–water partition coefficient (Wildman–Crippen LogP) is 3.14. The predicted molar refractivity (Wildman–Crippen MR) is 117 cm³/mol. The fourth-order valence-electron chi connectivity index (χ4n) is 4.59. The number of hydrogen-bond acceptors (Lipinski definition) is 7. The van der Waals surface area contributed by atoms with Gasteiger partial charge < -0.3 is 15.4 Å². The van der Waals surface area contributed by atoms with Crippen LogP contribution in [0.15, 0.2) is 77.8 Å².